The predicted molar refractivity (Wildman–Crippen MR) is 123 cm³/mol. The molecule has 0 saturated heterocycles. The van der Waals surface area contributed by atoms with Crippen LogP contribution in [0, 0.1) is 0 Å². The van der Waals surface area contributed by atoms with E-state index < -0.39 is 5.60 Å². The lowest BCUT2D eigenvalue weighted by molar-refractivity contribution is 0.0655. The van der Waals surface area contributed by atoms with E-state index in [0.29, 0.717) is 19.0 Å². The molecule has 1 atom stereocenters. The molecule has 3 aromatic rings. The van der Waals surface area contributed by atoms with Crippen LogP contribution in [-0.4, -0.2) is 38.9 Å². The zero-order valence-corrected chi connectivity index (χ0v) is 19.0. The molecule has 3 N–H and O–H groups in total. The molecule has 0 radical (unpaired) electrons. The summed E-state index contributed by atoms with van der Waals surface area (Å²) in [6.45, 7) is 5.23. The molecule has 0 fully saturated rings. The first kappa shape index (κ1) is 22.3. The number of guanidine groups is 1. The molecule has 0 bridgehead atoms. The Morgan fingerprint density at radius 2 is 2.00 bits per heavy atom. The lowest BCUT2D eigenvalue weighted by atomic mass is 10.1. The highest BCUT2D eigenvalue weighted by Crippen LogP contribution is 2.24. The normalized spacial score (nSPS) is 13.5. The monoisotopic (exact) mass is 512 g/mol. The van der Waals surface area contributed by atoms with Crippen LogP contribution in [0.25, 0.3) is 5.69 Å². The van der Waals surface area contributed by atoms with E-state index >= 15 is 0 Å². The van der Waals surface area contributed by atoms with Crippen LogP contribution in [0.3, 0.4) is 0 Å². The van der Waals surface area contributed by atoms with Gasteiger partial charge in [-0.25, -0.2) is 4.99 Å². The summed E-state index contributed by atoms with van der Waals surface area (Å²) in [6.07, 6.45) is 1.68. The minimum atomic E-state index is -0.964. The number of nitrogens with one attached hydrogen (secondary N) is 2. The molecule has 2 heterocycles. The van der Waals surface area contributed by atoms with Crippen molar-refractivity contribution in [2.75, 3.05) is 13.1 Å². The van der Waals surface area contributed by atoms with Gasteiger partial charge in [0.2, 0.25) is 0 Å². The Kier molecular flexibility index (Phi) is 8.39. The lowest BCUT2D eigenvalue weighted by Crippen LogP contribution is -2.44. The second-order valence-electron chi connectivity index (χ2n) is 6.25. The summed E-state index contributed by atoms with van der Waals surface area (Å²) >= 11 is 1.53. The Bertz CT molecular complexity index is 864. The van der Waals surface area contributed by atoms with Gasteiger partial charge in [-0.3, -0.25) is 4.57 Å². The van der Waals surface area contributed by atoms with Crippen molar-refractivity contribution in [3.63, 3.8) is 0 Å². The van der Waals surface area contributed by atoms with Gasteiger partial charge in [0.1, 0.15) is 18.5 Å². The molecule has 1 aromatic carbocycles. The molecule has 150 valence electrons. The van der Waals surface area contributed by atoms with E-state index in [2.05, 4.69) is 25.8 Å². The fourth-order valence-electron chi connectivity index (χ4n) is 2.59. The van der Waals surface area contributed by atoms with Crippen molar-refractivity contribution in [1.82, 2.24) is 25.4 Å². The number of aliphatic imine (C=N–C) groups is 1. The zero-order chi connectivity index (χ0) is 19.1. The van der Waals surface area contributed by atoms with E-state index in [0.717, 1.165) is 22.9 Å². The minimum absolute atomic E-state index is 0. The van der Waals surface area contributed by atoms with Crippen LogP contribution < -0.4 is 10.6 Å². The molecule has 3 rings (SSSR count). The van der Waals surface area contributed by atoms with E-state index in [1.807, 2.05) is 59.3 Å². The molecule has 0 spiro atoms. The Balaban J connectivity index is 0.00000280. The van der Waals surface area contributed by atoms with E-state index in [4.69, 9.17) is 0 Å². The van der Waals surface area contributed by atoms with Crippen molar-refractivity contribution >= 4 is 41.3 Å². The largest absolute Gasteiger partial charge is 0.383 e. The highest BCUT2D eigenvalue weighted by Gasteiger charge is 2.24. The fourth-order valence-corrected chi connectivity index (χ4v) is 3.38. The van der Waals surface area contributed by atoms with Crippen molar-refractivity contribution in [3.05, 3.63) is 64.9 Å². The molecule has 0 aliphatic carbocycles. The molecular weight excluding hydrogens is 487 g/mol. The van der Waals surface area contributed by atoms with Gasteiger partial charge in [0.15, 0.2) is 11.8 Å². The molecule has 9 heteroatoms. The third kappa shape index (κ3) is 5.76. The number of aliphatic hydroxyl groups is 1. The molecule has 1 unspecified atom stereocenters. The first-order chi connectivity index (χ1) is 13.1. The topological polar surface area (TPSA) is 87.4 Å². The Labute approximate surface area is 186 Å². The second kappa shape index (κ2) is 10.5. The zero-order valence-electron chi connectivity index (χ0n) is 15.9. The van der Waals surface area contributed by atoms with Gasteiger partial charge in [-0.2, -0.15) is 0 Å². The number of thiophene rings is 1. The maximum atomic E-state index is 10.7. The molecule has 0 aliphatic rings. The standard InChI is InChI=1S/C19H24N6OS.HI/c1-3-20-18(22-13-19(2,26)16-10-7-11-27-16)21-12-17-24-23-14-25(17)15-8-5-4-6-9-15;/h4-11,14,26H,3,12-13H2,1-2H3,(H2,20,21,22);1H. The molecule has 7 nitrogen and oxygen atoms in total. The van der Waals surface area contributed by atoms with Crippen LogP contribution in [-0.2, 0) is 12.1 Å². The van der Waals surface area contributed by atoms with Crippen molar-refractivity contribution < 1.29 is 5.11 Å². The summed E-state index contributed by atoms with van der Waals surface area (Å²) in [5.74, 6) is 1.36. The van der Waals surface area contributed by atoms with E-state index in [-0.39, 0.29) is 24.0 Å². The number of hydrogen-bond acceptors (Lipinski definition) is 5. The van der Waals surface area contributed by atoms with Crippen molar-refractivity contribution in [1.29, 1.82) is 0 Å². The van der Waals surface area contributed by atoms with Gasteiger partial charge in [-0.05, 0) is 37.4 Å². The highest BCUT2D eigenvalue weighted by molar-refractivity contribution is 14.0. The molecule has 28 heavy (non-hydrogen) atoms. The smallest absolute Gasteiger partial charge is 0.191 e. The SMILES string of the molecule is CCNC(=NCc1nncn1-c1ccccc1)NCC(C)(O)c1cccs1.I. The minimum Gasteiger partial charge on any atom is -0.383 e. The van der Waals surface area contributed by atoms with Crippen LogP contribution >= 0.6 is 35.3 Å². The lowest BCUT2D eigenvalue weighted by Gasteiger charge is -2.23. The summed E-state index contributed by atoms with van der Waals surface area (Å²) in [6, 6.07) is 13.8. The summed E-state index contributed by atoms with van der Waals surface area (Å²) < 4.78 is 1.91. The van der Waals surface area contributed by atoms with Gasteiger partial charge in [0.05, 0.1) is 6.54 Å². The Morgan fingerprint density at radius 3 is 2.68 bits per heavy atom. The van der Waals surface area contributed by atoms with Crippen LogP contribution in [0.2, 0.25) is 0 Å². The van der Waals surface area contributed by atoms with Gasteiger partial charge >= 0.3 is 0 Å². The van der Waals surface area contributed by atoms with Crippen LogP contribution in [0.5, 0.6) is 0 Å². The summed E-state index contributed by atoms with van der Waals surface area (Å²) in [5, 5.41) is 27.2. The predicted octanol–water partition coefficient (Wildman–Crippen LogP) is 2.91. The molecular formula is C19H25IN6OS. The average molecular weight is 512 g/mol. The molecule has 0 saturated carbocycles. The van der Waals surface area contributed by atoms with Crippen LogP contribution in [0.4, 0.5) is 0 Å². The van der Waals surface area contributed by atoms with Gasteiger partial charge in [-0.1, -0.05) is 24.3 Å². The average Bonchev–Trinajstić information content (AvgIpc) is 3.37. The van der Waals surface area contributed by atoms with E-state index in [1.54, 1.807) is 13.3 Å². The van der Waals surface area contributed by atoms with Crippen LogP contribution in [0.15, 0.2) is 59.2 Å². The van der Waals surface area contributed by atoms with Gasteiger partial charge in [-0.15, -0.1) is 45.5 Å². The number of nitrogens with zero attached hydrogens (tertiary/aromatic N) is 4. The quantitative estimate of drug-likeness (QED) is 0.258. The molecule has 0 aliphatic heterocycles. The number of hydrogen-bond donors (Lipinski definition) is 3. The van der Waals surface area contributed by atoms with Crippen LogP contribution in [0.1, 0.15) is 24.5 Å². The van der Waals surface area contributed by atoms with E-state index in [9.17, 15) is 5.11 Å². The third-order valence-corrected chi connectivity index (χ3v) is 5.15. The highest BCUT2D eigenvalue weighted by atomic mass is 127. The number of para-hydroxylation sites is 1. The maximum absolute atomic E-state index is 10.7. The third-order valence-electron chi connectivity index (χ3n) is 4.03. The summed E-state index contributed by atoms with van der Waals surface area (Å²) in [7, 11) is 0. The summed E-state index contributed by atoms with van der Waals surface area (Å²) in [5.41, 5.74) is 0.0281. The molecule has 2 aromatic heterocycles. The first-order valence-electron chi connectivity index (χ1n) is 8.83. The maximum Gasteiger partial charge on any atom is 0.191 e. The van der Waals surface area contributed by atoms with Crippen molar-refractivity contribution in [3.8, 4) is 5.69 Å². The summed E-state index contributed by atoms with van der Waals surface area (Å²) in [4.78, 5) is 5.50. The van der Waals surface area contributed by atoms with Crippen molar-refractivity contribution in [2.24, 2.45) is 4.99 Å². The first-order valence-corrected chi connectivity index (χ1v) is 9.71. The number of aromatic nitrogens is 3. The van der Waals surface area contributed by atoms with Gasteiger partial charge in [0.25, 0.3) is 0 Å². The fraction of sp³-hybridized carbons (Fsp3) is 0.316. The Hall–Kier alpha value is -1.98. The van der Waals surface area contributed by atoms with Gasteiger partial charge in [0, 0.05) is 17.1 Å². The number of halogens is 1. The van der Waals surface area contributed by atoms with E-state index in [1.165, 1.54) is 11.3 Å². The Morgan fingerprint density at radius 1 is 1.21 bits per heavy atom. The van der Waals surface area contributed by atoms with Crippen molar-refractivity contribution in [2.45, 2.75) is 26.0 Å². The van der Waals surface area contributed by atoms with Gasteiger partial charge < -0.3 is 15.7 Å². The number of rotatable bonds is 7. The number of benzene rings is 1. The molecule has 0 amide bonds. The second-order valence-corrected chi connectivity index (χ2v) is 7.20.